The van der Waals surface area contributed by atoms with Gasteiger partial charge in [-0.2, -0.15) is 0 Å². The van der Waals surface area contributed by atoms with Crippen LogP contribution < -0.4 is 0 Å². The summed E-state index contributed by atoms with van der Waals surface area (Å²) in [7, 11) is 2.24. The Morgan fingerprint density at radius 2 is 1.45 bits per heavy atom. The van der Waals surface area contributed by atoms with Gasteiger partial charge in [0.25, 0.3) is 0 Å². The van der Waals surface area contributed by atoms with Gasteiger partial charge in [0.05, 0.1) is 6.33 Å². The van der Waals surface area contributed by atoms with Crippen LogP contribution >= 0.6 is 0 Å². The third kappa shape index (κ3) is 3.88. The van der Waals surface area contributed by atoms with E-state index in [1.54, 1.807) is 0 Å². The minimum absolute atomic E-state index is 0.484. The quantitative estimate of drug-likeness (QED) is 0.673. The molecule has 22 heavy (non-hydrogen) atoms. The van der Waals surface area contributed by atoms with Gasteiger partial charge in [0.15, 0.2) is 0 Å². The van der Waals surface area contributed by atoms with Crippen molar-refractivity contribution in [2.45, 2.75) is 24.7 Å². The van der Waals surface area contributed by atoms with E-state index in [1.807, 2.05) is 18.7 Å². The van der Waals surface area contributed by atoms with Crippen molar-refractivity contribution in [2.24, 2.45) is 0 Å². The fraction of sp³-hybridized carbons (Fsp3) is 0.211. The lowest BCUT2D eigenvalue weighted by molar-refractivity contribution is 0.740. The molecule has 0 saturated heterocycles. The molecule has 1 heterocycles. The van der Waals surface area contributed by atoms with Crippen LogP contribution in [0.4, 0.5) is 0 Å². The number of benzene rings is 2. The summed E-state index contributed by atoms with van der Waals surface area (Å²) in [4.78, 5) is 3.95. The van der Waals surface area contributed by atoms with Crippen molar-refractivity contribution in [2.75, 3.05) is 0 Å². The number of rotatable bonds is 3. The second-order valence-corrected chi connectivity index (χ2v) is 5.78. The number of hydrogen-bond acceptors (Lipinski definition) is 1. The van der Waals surface area contributed by atoms with E-state index < -0.39 is 0 Å². The van der Waals surface area contributed by atoms with Gasteiger partial charge < -0.3 is 4.57 Å². The largest absolute Gasteiger partial charge is 0.334 e. The monoisotopic (exact) mass is 288 g/mol. The SMILES string of the molecule is BC(c1ccccc1)c1ccccc1.c1cn(C2CC2)cn1. The summed E-state index contributed by atoms with van der Waals surface area (Å²) in [6.07, 6.45) is 8.43. The van der Waals surface area contributed by atoms with Crippen LogP contribution in [0.3, 0.4) is 0 Å². The number of imidazole rings is 1. The van der Waals surface area contributed by atoms with Gasteiger partial charge in [-0.1, -0.05) is 60.7 Å². The molecule has 1 aliphatic rings. The molecule has 0 amide bonds. The molecular weight excluding hydrogens is 267 g/mol. The Kier molecular flexibility index (Phi) is 4.74. The van der Waals surface area contributed by atoms with Crippen molar-refractivity contribution < 1.29 is 0 Å². The molecule has 2 nitrogen and oxygen atoms in total. The summed E-state index contributed by atoms with van der Waals surface area (Å²) in [5.41, 5.74) is 2.75. The lowest BCUT2D eigenvalue weighted by Crippen LogP contribution is -1.99. The number of aromatic nitrogens is 2. The molecule has 0 bridgehead atoms. The Bertz CT molecular complexity index is 622. The molecule has 2 aromatic carbocycles. The minimum Gasteiger partial charge on any atom is -0.334 e. The molecule has 4 rings (SSSR count). The highest BCUT2D eigenvalue weighted by atomic mass is 15.1. The van der Waals surface area contributed by atoms with Gasteiger partial charge in [0.1, 0.15) is 7.85 Å². The van der Waals surface area contributed by atoms with Crippen LogP contribution in [-0.4, -0.2) is 17.4 Å². The summed E-state index contributed by atoms with van der Waals surface area (Å²) in [5.74, 6) is 0.484. The van der Waals surface area contributed by atoms with Crippen molar-refractivity contribution in [1.82, 2.24) is 9.55 Å². The molecule has 1 aliphatic carbocycles. The maximum absolute atomic E-state index is 3.95. The molecule has 0 unspecified atom stereocenters. The third-order valence-electron chi connectivity index (χ3n) is 4.09. The van der Waals surface area contributed by atoms with Crippen LogP contribution in [0.2, 0.25) is 0 Å². The van der Waals surface area contributed by atoms with Crippen molar-refractivity contribution in [3.63, 3.8) is 0 Å². The van der Waals surface area contributed by atoms with Gasteiger partial charge in [-0.15, -0.1) is 0 Å². The summed E-state index contributed by atoms with van der Waals surface area (Å²) in [6.45, 7) is 0. The summed E-state index contributed by atoms with van der Waals surface area (Å²) >= 11 is 0. The zero-order valence-electron chi connectivity index (χ0n) is 13.0. The smallest absolute Gasteiger partial charge is 0.116 e. The zero-order chi connectivity index (χ0) is 15.2. The topological polar surface area (TPSA) is 17.8 Å². The molecule has 0 N–H and O–H groups in total. The lowest BCUT2D eigenvalue weighted by Gasteiger charge is -2.11. The highest BCUT2D eigenvalue weighted by molar-refractivity contribution is 6.14. The third-order valence-corrected chi connectivity index (χ3v) is 4.09. The molecule has 0 atom stereocenters. The van der Waals surface area contributed by atoms with Gasteiger partial charge >= 0.3 is 0 Å². The second kappa shape index (κ2) is 7.12. The first-order valence-electron chi connectivity index (χ1n) is 7.92. The Morgan fingerprint density at radius 1 is 0.909 bits per heavy atom. The molecule has 3 aromatic rings. The molecule has 1 fully saturated rings. The first kappa shape index (κ1) is 14.6. The van der Waals surface area contributed by atoms with Gasteiger partial charge in [-0.05, 0) is 29.8 Å². The van der Waals surface area contributed by atoms with E-state index in [0.717, 1.165) is 6.04 Å². The Hall–Kier alpha value is -2.29. The van der Waals surface area contributed by atoms with Gasteiger partial charge in [0.2, 0.25) is 0 Å². The zero-order valence-corrected chi connectivity index (χ0v) is 13.0. The number of hydrogen-bond donors (Lipinski definition) is 0. The standard InChI is InChI=1S/C13H13B.C6H8N2/c14-13(11-7-3-1-4-8-11)12-9-5-2-6-10-12;1-2-6(1)8-4-3-7-5-8/h1-10,13H,14H2;3-6H,1-2H2. The summed E-state index contributed by atoms with van der Waals surface area (Å²) < 4.78 is 2.17. The molecular formula is C19H21BN2. The highest BCUT2D eigenvalue weighted by Crippen LogP contribution is 2.33. The molecule has 1 aromatic heterocycles. The Morgan fingerprint density at radius 3 is 1.86 bits per heavy atom. The molecule has 1 saturated carbocycles. The van der Waals surface area contributed by atoms with Crippen LogP contribution in [0.25, 0.3) is 0 Å². The maximum Gasteiger partial charge on any atom is 0.116 e. The second-order valence-electron chi connectivity index (χ2n) is 5.78. The van der Waals surface area contributed by atoms with E-state index in [1.165, 1.54) is 24.0 Å². The van der Waals surface area contributed by atoms with E-state index in [2.05, 4.69) is 78.1 Å². The van der Waals surface area contributed by atoms with Crippen LogP contribution in [0, 0.1) is 0 Å². The lowest BCUT2D eigenvalue weighted by atomic mass is 9.76. The molecule has 0 radical (unpaired) electrons. The van der Waals surface area contributed by atoms with Crippen LogP contribution in [0.1, 0.15) is 35.8 Å². The fourth-order valence-corrected chi connectivity index (χ4v) is 2.53. The normalized spacial score (nSPS) is 13.5. The van der Waals surface area contributed by atoms with Crippen molar-refractivity contribution in [1.29, 1.82) is 0 Å². The Labute approximate surface area is 133 Å². The van der Waals surface area contributed by atoms with E-state index in [4.69, 9.17) is 0 Å². The van der Waals surface area contributed by atoms with E-state index >= 15 is 0 Å². The van der Waals surface area contributed by atoms with Gasteiger partial charge in [-0.25, -0.2) is 4.98 Å². The fourth-order valence-electron chi connectivity index (χ4n) is 2.53. The van der Waals surface area contributed by atoms with Crippen molar-refractivity contribution in [3.05, 3.63) is 90.5 Å². The summed E-state index contributed by atoms with van der Waals surface area (Å²) in [6, 6.07) is 22.0. The van der Waals surface area contributed by atoms with Gasteiger partial charge in [-0.3, -0.25) is 0 Å². The first-order chi connectivity index (χ1) is 10.8. The first-order valence-corrected chi connectivity index (χ1v) is 7.92. The molecule has 0 spiro atoms. The Balaban J connectivity index is 0.000000151. The van der Waals surface area contributed by atoms with Crippen LogP contribution in [0.5, 0.6) is 0 Å². The van der Waals surface area contributed by atoms with E-state index in [9.17, 15) is 0 Å². The van der Waals surface area contributed by atoms with Crippen molar-refractivity contribution >= 4 is 7.85 Å². The van der Waals surface area contributed by atoms with E-state index in [0.29, 0.717) is 5.82 Å². The van der Waals surface area contributed by atoms with Gasteiger partial charge in [0, 0.05) is 18.4 Å². The molecule has 3 heteroatoms. The van der Waals surface area contributed by atoms with Crippen LogP contribution in [-0.2, 0) is 0 Å². The predicted octanol–water partition coefficient (Wildman–Crippen LogP) is 3.63. The van der Waals surface area contributed by atoms with Crippen molar-refractivity contribution in [3.8, 4) is 0 Å². The molecule has 110 valence electrons. The molecule has 0 aliphatic heterocycles. The summed E-state index contributed by atoms with van der Waals surface area (Å²) in [5, 5.41) is 0. The van der Waals surface area contributed by atoms with E-state index in [-0.39, 0.29) is 0 Å². The average molecular weight is 288 g/mol. The van der Waals surface area contributed by atoms with Crippen LogP contribution in [0.15, 0.2) is 79.4 Å². The predicted molar refractivity (Wildman–Crippen MR) is 93.8 cm³/mol. The average Bonchev–Trinajstić information content (AvgIpc) is 3.31. The highest BCUT2D eigenvalue weighted by Gasteiger charge is 2.21. The minimum atomic E-state index is 0.484. The maximum atomic E-state index is 3.95. The number of nitrogens with zero attached hydrogens (tertiary/aromatic N) is 2.